The first-order valence-electron chi connectivity index (χ1n) is 10.7. The van der Waals surface area contributed by atoms with E-state index in [-0.39, 0.29) is 17.6 Å². The summed E-state index contributed by atoms with van der Waals surface area (Å²) in [6.07, 6.45) is 3.91. The molecule has 0 bridgehead atoms. The Balaban J connectivity index is 1.71. The molecule has 174 valence electrons. The Bertz CT molecular complexity index is 1190. The number of hydrogen-bond acceptors (Lipinski definition) is 8. The number of anilines is 1. The summed E-state index contributed by atoms with van der Waals surface area (Å²) in [4.78, 5) is 25.5. The van der Waals surface area contributed by atoms with E-state index < -0.39 is 11.3 Å². The van der Waals surface area contributed by atoms with Crippen molar-refractivity contribution >= 4 is 11.9 Å². The van der Waals surface area contributed by atoms with Gasteiger partial charge in [0.1, 0.15) is 5.56 Å². The third-order valence-corrected chi connectivity index (χ3v) is 5.63. The molecule has 3 aromatic rings. The summed E-state index contributed by atoms with van der Waals surface area (Å²) in [7, 11) is 3.24. The zero-order chi connectivity index (χ0) is 23.4. The molecule has 1 unspecified atom stereocenters. The van der Waals surface area contributed by atoms with Crippen LogP contribution in [0.25, 0.3) is 11.3 Å². The van der Waals surface area contributed by atoms with Gasteiger partial charge in [-0.15, -0.1) is 5.10 Å². The number of nitrogens with one attached hydrogen (secondary N) is 2. The fourth-order valence-electron chi connectivity index (χ4n) is 3.98. The van der Waals surface area contributed by atoms with Crippen molar-refractivity contribution in [3.05, 3.63) is 45.7 Å². The maximum absolute atomic E-state index is 12.9. The molecule has 1 aliphatic heterocycles. The molecule has 11 heteroatoms. The number of nitrogens with zero attached hydrogens (tertiary/aromatic N) is 4. The summed E-state index contributed by atoms with van der Waals surface area (Å²) in [6, 6.07) is 5.43. The van der Waals surface area contributed by atoms with Gasteiger partial charge in [-0.3, -0.25) is 14.9 Å². The fraction of sp³-hybridized carbons (Fsp3) is 0.409. The minimum absolute atomic E-state index is 0.00210. The van der Waals surface area contributed by atoms with Gasteiger partial charge in [0.05, 0.1) is 19.4 Å². The van der Waals surface area contributed by atoms with Crippen LogP contribution < -0.4 is 20.2 Å². The van der Waals surface area contributed by atoms with Crippen molar-refractivity contribution in [3.8, 4) is 22.8 Å². The highest BCUT2D eigenvalue weighted by atomic mass is 16.5. The van der Waals surface area contributed by atoms with Gasteiger partial charge in [-0.05, 0) is 35.8 Å². The number of pyridine rings is 1. The quantitative estimate of drug-likeness (QED) is 0.470. The Hall–Kier alpha value is -3.73. The first kappa shape index (κ1) is 22.5. The van der Waals surface area contributed by atoms with Crippen molar-refractivity contribution in [1.29, 1.82) is 0 Å². The first-order chi connectivity index (χ1) is 16.0. The minimum atomic E-state index is -0.588. The van der Waals surface area contributed by atoms with Crippen molar-refractivity contribution in [2.75, 3.05) is 32.8 Å². The fourth-order valence-corrected chi connectivity index (χ4v) is 3.98. The molecular weight excluding hydrogens is 428 g/mol. The number of aromatic nitrogens is 5. The van der Waals surface area contributed by atoms with Gasteiger partial charge < -0.3 is 18.8 Å². The molecular formula is C22H26N6O5. The molecule has 1 aliphatic rings. The molecule has 3 heterocycles. The maximum atomic E-state index is 12.9. The zero-order valence-electron chi connectivity index (χ0n) is 18.8. The van der Waals surface area contributed by atoms with E-state index in [1.165, 1.54) is 6.07 Å². The van der Waals surface area contributed by atoms with Crippen molar-refractivity contribution in [1.82, 2.24) is 25.2 Å². The highest BCUT2D eigenvalue weighted by Gasteiger charge is 2.27. The van der Waals surface area contributed by atoms with E-state index in [9.17, 15) is 9.59 Å². The average Bonchev–Trinajstić information content (AvgIpc) is 3.33. The molecule has 2 aromatic heterocycles. The highest BCUT2D eigenvalue weighted by Crippen LogP contribution is 2.41. The van der Waals surface area contributed by atoms with Gasteiger partial charge in [0.15, 0.2) is 16.9 Å². The lowest BCUT2D eigenvalue weighted by Gasteiger charge is -2.31. The Morgan fingerprint density at radius 2 is 2.09 bits per heavy atom. The molecule has 4 rings (SSSR count). The molecule has 0 radical (unpaired) electrons. The lowest BCUT2D eigenvalue weighted by atomic mass is 9.90. The molecule has 11 nitrogen and oxygen atoms in total. The number of hydrogen-bond donors (Lipinski definition) is 2. The van der Waals surface area contributed by atoms with E-state index in [0.29, 0.717) is 24.7 Å². The smallest absolute Gasteiger partial charge is 0.270 e. The van der Waals surface area contributed by atoms with Gasteiger partial charge in [-0.25, -0.2) is 0 Å². The Morgan fingerprint density at radius 1 is 1.24 bits per heavy atom. The van der Waals surface area contributed by atoms with Crippen LogP contribution in [0.15, 0.2) is 29.2 Å². The van der Waals surface area contributed by atoms with Crippen LogP contribution in [0.2, 0.25) is 0 Å². The molecule has 0 aliphatic carbocycles. The summed E-state index contributed by atoms with van der Waals surface area (Å²) in [5.74, 6) is 0.658. The number of H-pyrrole nitrogens is 1. The zero-order valence-corrected chi connectivity index (χ0v) is 18.8. The van der Waals surface area contributed by atoms with Gasteiger partial charge in [-0.2, -0.15) is 5.21 Å². The molecule has 1 aromatic carbocycles. The van der Waals surface area contributed by atoms with E-state index in [0.717, 1.165) is 36.1 Å². The number of methoxy groups -OCH3 is 2. The third kappa shape index (κ3) is 4.58. The summed E-state index contributed by atoms with van der Waals surface area (Å²) >= 11 is 0. The molecule has 1 atom stereocenters. The molecule has 0 saturated heterocycles. The van der Waals surface area contributed by atoms with Crippen LogP contribution >= 0.6 is 0 Å². The summed E-state index contributed by atoms with van der Waals surface area (Å²) < 4.78 is 18.5. The van der Waals surface area contributed by atoms with Gasteiger partial charge in [0, 0.05) is 44.0 Å². The van der Waals surface area contributed by atoms with Crippen molar-refractivity contribution in [3.63, 3.8) is 0 Å². The van der Waals surface area contributed by atoms with Crippen molar-refractivity contribution in [2.24, 2.45) is 0 Å². The third-order valence-electron chi connectivity index (χ3n) is 5.63. The number of amides is 1. The molecule has 0 fully saturated rings. The number of fused-ring (bicyclic) bond motifs is 3. The van der Waals surface area contributed by atoms with E-state index in [1.54, 1.807) is 20.4 Å². The number of benzene rings is 1. The second-order valence-electron chi connectivity index (χ2n) is 7.65. The predicted molar refractivity (Wildman–Crippen MR) is 120 cm³/mol. The van der Waals surface area contributed by atoms with E-state index >= 15 is 0 Å². The normalized spacial score (nSPS) is 14.3. The highest BCUT2D eigenvalue weighted by molar-refractivity contribution is 6.03. The lowest BCUT2D eigenvalue weighted by molar-refractivity contribution is 0.102. The van der Waals surface area contributed by atoms with Crippen LogP contribution in [0, 0.1) is 0 Å². The second-order valence-corrected chi connectivity index (χ2v) is 7.65. The average molecular weight is 454 g/mol. The maximum Gasteiger partial charge on any atom is 0.270 e. The Kier molecular flexibility index (Phi) is 6.68. The van der Waals surface area contributed by atoms with Crippen LogP contribution in [0.5, 0.6) is 11.5 Å². The van der Waals surface area contributed by atoms with Crippen molar-refractivity contribution in [2.45, 2.75) is 32.2 Å². The topological polar surface area (TPSA) is 133 Å². The van der Waals surface area contributed by atoms with Gasteiger partial charge in [0.2, 0.25) is 0 Å². The van der Waals surface area contributed by atoms with Crippen LogP contribution in [0.1, 0.15) is 41.7 Å². The molecule has 0 spiro atoms. The summed E-state index contributed by atoms with van der Waals surface area (Å²) in [5.41, 5.74) is 2.28. The Morgan fingerprint density at radius 3 is 2.79 bits per heavy atom. The summed E-state index contributed by atoms with van der Waals surface area (Å²) in [6.45, 7) is 3.20. The second kappa shape index (κ2) is 9.82. The largest absolute Gasteiger partial charge is 0.493 e. The van der Waals surface area contributed by atoms with Crippen LogP contribution in [-0.2, 0) is 11.2 Å². The SMILES string of the molecule is CCC1Cc2cc(OCCCOC)c(OC)cc2-c2cc(=O)c(C(=O)Nc3nn[nH]n3)cn21. The number of carbonyl (C=O) groups is 1. The summed E-state index contributed by atoms with van der Waals surface area (Å²) in [5, 5.41) is 15.5. The lowest BCUT2D eigenvalue weighted by Crippen LogP contribution is -2.28. The van der Waals surface area contributed by atoms with Crippen LogP contribution in [-0.4, -0.2) is 58.5 Å². The minimum Gasteiger partial charge on any atom is -0.493 e. The molecule has 1 amide bonds. The van der Waals surface area contributed by atoms with Gasteiger partial charge in [-0.1, -0.05) is 12.0 Å². The molecule has 2 N–H and O–H groups in total. The van der Waals surface area contributed by atoms with Crippen LogP contribution in [0.4, 0.5) is 5.95 Å². The molecule has 33 heavy (non-hydrogen) atoms. The standard InChI is InChI=1S/C22H26N6O5/c1-4-14-8-13-9-20(33-7-5-6-31-2)19(32-3)10-15(13)17-11-18(29)16(12-28(14)17)21(30)23-22-24-26-27-25-22/h9-12,14H,4-8H2,1-3H3,(H2,23,24,25,26,27,30). The monoisotopic (exact) mass is 454 g/mol. The Labute approximate surface area is 190 Å². The van der Waals surface area contributed by atoms with Crippen molar-refractivity contribution < 1.29 is 19.0 Å². The van der Waals surface area contributed by atoms with E-state index in [2.05, 4.69) is 32.9 Å². The first-order valence-corrected chi connectivity index (χ1v) is 10.7. The predicted octanol–water partition coefficient (Wildman–Crippen LogP) is 2.21. The van der Waals surface area contributed by atoms with Gasteiger partial charge in [0.25, 0.3) is 11.9 Å². The molecule has 0 saturated carbocycles. The number of aromatic amines is 1. The van der Waals surface area contributed by atoms with Gasteiger partial charge >= 0.3 is 0 Å². The van der Waals surface area contributed by atoms with E-state index in [4.69, 9.17) is 14.2 Å². The number of tetrazole rings is 1. The number of rotatable bonds is 9. The number of carbonyl (C=O) groups excluding carboxylic acids is 1. The van der Waals surface area contributed by atoms with Crippen LogP contribution in [0.3, 0.4) is 0 Å². The number of ether oxygens (including phenoxy) is 3. The van der Waals surface area contributed by atoms with E-state index in [1.807, 2.05) is 16.7 Å².